The summed E-state index contributed by atoms with van der Waals surface area (Å²) < 4.78 is 11.5. The number of nitrogens with zero attached hydrogens (tertiary/aromatic N) is 4. The summed E-state index contributed by atoms with van der Waals surface area (Å²) in [6.07, 6.45) is 1.23. The first kappa shape index (κ1) is 28.2. The van der Waals surface area contributed by atoms with E-state index in [1.165, 1.54) is 36.4 Å². The molecule has 0 aliphatic heterocycles. The zero-order chi connectivity index (χ0) is 28.7. The number of hydrogen-bond donors (Lipinski definition) is 1. The Bertz CT molecular complexity index is 1570. The SMILES string of the molecule is CCOc1cc(/C=C(\C#N)C(=O)Nc2cccc([N+](=O)[O-])c2)cc(Br)c1Oc1ccc([N+](=O)[O-])cc1[N+](=O)[O-]. The second-order valence-corrected chi connectivity index (χ2v) is 8.32. The molecule has 0 radical (unpaired) electrons. The van der Waals surface area contributed by atoms with E-state index in [-0.39, 0.29) is 45.3 Å². The van der Waals surface area contributed by atoms with Crippen LogP contribution in [0, 0.1) is 41.7 Å². The summed E-state index contributed by atoms with van der Waals surface area (Å²) in [7, 11) is 0. The lowest BCUT2D eigenvalue weighted by Crippen LogP contribution is -2.13. The Morgan fingerprint density at radius 2 is 1.69 bits per heavy atom. The van der Waals surface area contributed by atoms with Gasteiger partial charge in [0.2, 0.25) is 5.75 Å². The van der Waals surface area contributed by atoms with Crippen LogP contribution in [0.4, 0.5) is 22.7 Å². The monoisotopic (exact) mass is 597 g/mol. The third kappa shape index (κ3) is 6.90. The van der Waals surface area contributed by atoms with Gasteiger partial charge in [-0.15, -0.1) is 0 Å². The first-order valence-electron chi connectivity index (χ1n) is 10.8. The minimum Gasteiger partial charge on any atom is -0.490 e. The molecule has 3 aromatic carbocycles. The van der Waals surface area contributed by atoms with Crippen molar-refractivity contribution in [2.75, 3.05) is 11.9 Å². The molecule has 198 valence electrons. The van der Waals surface area contributed by atoms with Crippen LogP contribution in [-0.2, 0) is 4.79 Å². The van der Waals surface area contributed by atoms with Crippen LogP contribution in [0.15, 0.2) is 64.6 Å². The second kappa shape index (κ2) is 12.3. The van der Waals surface area contributed by atoms with Crippen molar-refractivity contribution in [3.63, 3.8) is 0 Å². The highest BCUT2D eigenvalue weighted by Gasteiger charge is 2.24. The number of nitro groups is 3. The van der Waals surface area contributed by atoms with Crippen molar-refractivity contribution in [3.8, 4) is 23.3 Å². The molecule has 0 saturated carbocycles. The van der Waals surface area contributed by atoms with Gasteiger partial charge in [0.25, 0.3) is 17.3 Å². The second-order valence-electron chi connectivity index (χ2n) is 7.46. The molecule has 0 aliphatic rings. The summed E-state index contributed by atoms with van der Waals surface area (Å²) in [4.78, 5) is 43.9. The number of carbonyl (C=O) groups excluding carboxylic acids is 1. The Morgan fingerprint density at radius 1 is 1.00 bits per heavy atom. The number of anilines is 1. The van der Waals surface area contributed by atoms with Gasteiger partial charge in [0.15, 0.2) is 11.5 Å². The number of carbonyl (C=O) groups is 1. The van der Waals surface area contributed by atoms with Gasteiger partial charge in [-0.3, -0.25) is 35.1 Å². The molecule has 3 rings (SSSR count). The minimum absolute atomic E-state index is 0.00510. The smallest absolute Gasteiger partial charge is 0.318 e. The molecule has 3 aromatic rings. The number of hydrogen-bond acceptors (Lipinski definition) is 10. The van der Waals surface area contributed by atoms with Gasteiger partial charge >= 0.3 is 5.69 Å². The molecule has 0 aliphatic carbocycles. The number of nitrogens with one attached hydrogen (secondary N) is 1. The lowest BCUT2D eigenvalue weighted by atomic mass is 10.1. The normalized spacial score (nSPS) is 10.7. The quantitative estimate of drug-likeness (QED) is 0.127. The first-order chi connectivity index (χ1) is 18.5. The van der Waals surface area contributed by atoms with E-state index in [1.54, 1.807) is 13.0 Å². The summed E-state index contributed by atoms with van der Waals surface area (Å²) >= 11 is 3.29. The number of ether oxygens (including phenoxy) is 2. The van der Waals surface area contributed by atoms with E-state index >= 15 is 0 Å². The third-order valence-electron chi connectivity index (χ3n) is 4.88. The van der Waals surface area contributed by atoms with Gasteiger partial charge in [-0.25, -0.2) is 0 Å². The van der Waals surface area contributed by atoms with Gasteiger partial charge < -0.3 is 14.8 Å². The third-order valence-corrected chi connectivity index (χ3v) is 5.47. The van der Waals surface area contributed by atoms with Gasteiger partial charge in [0.05, 0.1) is 31.9 Å². The van der Waals surface area contributed by atoms with Crippen LogP contribution >= 0.6 is 15.9 Å². The van der Waals surface area contributed by atoms with Crippen molar-refractivity contribution >= 4 is 50.7 Å². The van der Waals surface area contributed by atoms with Gasteiger partial charge in [-0.2, -0.15) is 5.26 Å². The maximum Gasteiger partial charge on any atom is 0.318 e. The molecule has 0 unspecified atom stereocenters. The highest BCUT2D eigenvalue weighted by Crippen LogP contribution is 2.43. The van der Waals surface area contributed by atoms with E-state index in [0.717, 1.165) is 24.3 Å². The Hall–Kier alpha value is -5.36. The van der Waals surface area contributed by atoms with E-state index < -0.39 is 32.1 Å². The maximum absolute atomic E-state index is 12.7. The van der Waals surface area contributed by atoms with Crippen molar-refractivity contribution in [2.24, 2.45) is 0 Å². The lowest BCUT2D eigenvalue weighted by molar-refractivity contribution is -0.394. The number of amides is 1. The number of nitriles is 1. The van der Waals surface area contributed by atoms with Gasteiger partial charge in [0.1, 0.15) is 11.6 Å². The Balaban J connectivity index is 1.97. The topological polar surface area (TPSA) is 201 Å². The predicted molar refractivity (Wildman–Crippen MR) is 140 cm³/mol. The summed E-state index contributed by atoms with van der Waals surface area (Å²) in [5.41, 5.74) is -1.31. The van der Waals surface area contributed by atoms with Crippen LogP contribution in [-0.4, -0.2) is 27.3 Å². The van der Waals surface area contributed by atoms with Crippen molar-refractivity contribution in [2.45, 2.75) is 6.92 Å². The van der Waals surface area contributed by atoms with Crippen molar-refractivity contribution in [1.29, 1.82) is 5.26 Å². The number of halogens is 1. The van der Waals surface area contributed by atoms with Crippen LogP contribution in [0.2, 0.25) is 0 Å². The summed E-state index contributed by atoms with van der Waals surface area (Å²) in [5.74, 6) is -1.02. The number of benzene rings is 3. The fourth-order valence-corrected chi connectivity index (χ4v) is 3.74. The Kier molecular flexibility index (Phi) is 8.86. The van der Waals surface area contributed by atoms with Crippen molar-refractivity contribution in [3.05, 3.63) is 101 Å². The van der Waals surface area contributed by atoms with E-state index in [2.05, 4.69) is 21.2 Å². The summed E-state index contributed by atoms with van der Waals surface area (Å²) in [6.45, 7) is 1.82. The zero-order valence-electron chi connectivity index (χ0n) is 19.8. The van der Waals surface area contributed by atoms with Crippen molar-refractivity contribution in [1.82, 2.24) is 0 Å². The highest BCUT2D eigenvalue weighted by atomic mass is 79.9. The lowest BCUT2D eigenvalue weighted by Gasteiger charge is -2.14. The minimum atomic E-state index is -0.827. The van der Waals surface area contributed by atoms with E-state index in [1.807, 2.05) is 0 Å². The van der Waals surface area contributed by atoms with Crippen LogP contribution < -0.4 is 14.8 Å². The standard InChI is InChI=1S/C24H16BrN5O9/c1-2-38-22-10-14(8-15(13-26)24(31)27-16-4-3-5-17(11-16)28(32)33)9-19(25)23(22)39-21-7-6-18(29(34)35)12-20(21)30(36)37/h3-12H,2H2,1H3,(H,27,31)/b15-8+. The van der Waals surface area contributed by atoms with Gasteiger partial charge in [-0.05, 0) is 58.8 Å². The molecule has 39 heavy (non-hydrogen) atoms. The van der Waals surface area contributed by atoms with Crippen LogP contribution in [0.25, 0.3) is 6.08 Å². The fourth-order valence-electron chi connectivity index (χ4n) is 3.20. The molecule has 0 saturated heterocycles. The zero-order valence-corrected chi connectivity index (χ0v) is 21.4. The molecule has 0 spiro atoms. The van der Waals surface area contributed by atoms with Crippen LogP contribution in [0.5, 0.6) is 17.2 Å². The maximum atomic E-state index is 12.7. The number of nitro benzene ring substituents is 3. The molecule has 1 amide bonds. The van der Waals surface area contributed by atoms with E-state index in [9.17, 15) is 40.4 Å². The average molecular weight is 598 g/mol. The molecule has 0 atom stereocenters. The molecule has 0 fully saturated rings. The molecular formula is C24H16BrN5O9. The highest BCUT2D eigenvalue weighted by molar-refractivity contribution is 9.10. The van der Waals surface area contributed by atoms with E-state index in [4.69, 9.17) is 9.47 Å². The molecule has 0 heterocycles. The molecule has 1 N–H and O–H groups in total. The largest absolute Gasteiger partial charge is 0.490 e. The molecule has 0 aromatic heterocycles. The molecule has 14 nitrogen and oxygen atoms in total. The number of rotatable bonds is 10. The van der Waals surface area contributed by atoms with Crippen molar-refractivity contribution < 1.29 is 29.0 Å². The van der Waals surface area contributed by atoms with Gasteiger partial charge in [-0.1, -0.05) is 6.07 Å². The summed E-state index contributed by atoms with van der Waals surface area (Å²) in [6, 6.07) is 12.7. The number of non-ortho nitro benzene ring substituents is 2. The first-order valence-corrected chi connectivity index (χ1v) is 11.6. The van der Waals surface area contributed by atoms with Gasteiger partial charge in [0, 0.05) is 23.9 Å². The molecular weight excluding hydrogens is 582 g/mol. The summed E-state index contributed by atoms with van der Waals surface area (Å²) in [5, 5.41) is 45.4. The van der Waals surface area contributed by atoms with Crippen LogP contribution in [0.3, 0.4) is 0 Å². The Labute approximate surface area is 227 Å². The van der Waals surface area contributed by atoms with E-state index in [0.29, 0.717) is 5.56 Å². The molecule has 0 bridgehead atoms. The average Bonchev–Trinajstić information content (AvgIpc) is 2.89. The van der Waals surface area contributed by atoms with Crippen LogP contribution in [0.1, 0.15) is 12.5 Å². The fraction of sp³-hybridized carbons (Fsp3) is 0.0833. The Morgan fingerprint density at radius 3 is 2.31 bits per heavy atom. The predicted octanol–water partition coefficient (Wildman–Crippen LogP) is 5.91. The molecule has 15 heteroatoms.